The zero-order valence-corrected chi connectivity index (χ0v) is 18.0. The lowest BCUT2D eigenvalue weighted by Gasteiger charge is -2.26. The maximum atomic E-state index is 10.9. The minimum atomic E-state index is -0.474. The summed E-state index contributed by atoms with van der Waals surface area (Å²) >= 11 is 0. The number of nitrogens with zero attached hydrogens (tertiary/aromatic N) is 7. The molecule has 0 unspecified atom stereocenters. The van der Waals surface area contributed by atoms with E-state index < -0.39 is 9.85 Å². The Hall–Kier alpha value is -4.68. The molecule has 34 heavy (non-hydrogen) atoms. The van der Waals surface area contributed by atoms with E-state index in [0.717, 1.165) is 32.4 Å². The number of hydrogen-bond donors (Lipinski definition) is 2. The predicted molar refractivity (Wildman–Crippen MR) is 127 cm³/mol. The summed E-state index contributed by atoms with van der Waals surface area (Å²) in [7, 11) is 0. The fourth-order valence-corrected chi connectivity index (χ4v) is 3.38. The summed E-state index contributed by atoms with van der Waals surface area (Å²) in [5, 5.41) is 29.0. The maximum Gasteiger partial charge on any atom is 0.270 e. The Morgan fingerprint density at radius 1 is 0.882 bits per heavy atom. The number of nitro benzene ring substituents is 2. The van der Waals surface area contributed by atoms with Crippen molar-refractivity contribution in [1.29, 1.82) is 0 Å². The largest absolute Gasteiger partial charge is 0.341 e. The van der Waals surface area contributed by atoms with E-state index in [2.05, 4.69) is 35.7 Å². The molecule has 1 saturated heterocycles. The Bertz CT molecular complexity index is 1210. The minimum absolute atomic E-state index is 0.0203. The smallest absolute Gasteiger partial charge is 0.270 e. The van der Waals surface area contributed by atoms with E-state index in [1.54, 1.807) is 24.3 Å². The van der Waals surface area contributed by atoms with E-state index in [9.17, 15) is 20.2 Å². The second kappa shape index (κ2) is 10.3. The molecule has 13 heteroatoms. The number of anilines is 4. The van der Waals surface area contributed by atoms with Gasteiger partial charge in [-0.1, -0.05) is 12.1 Å². The van der Waals surface area contributed by atoms with Crippen LogP contribution in [0, 0.1) is 20.2 Å². The van der Waals surface area contributed by atoms with Gasteiger partial charge < -0.3 is 10.2 Å². The first kappa shape index (κ1) is 22.5. The summed E-state index contributed by atoms with van der Waals surface area (Å²) in [5.74, 6) is 0.909. The SMILES string of the molecule is O=[N+]([O-])c1ccc(Nc2nc(N/N=C/c3cccc([N+](=O)[O-])c3)nc(N3CCCCC3)n2)cc1. The molecular formula is C21H21N9O4. The van der Waals surface area contributed by atoms with Crippen LogP contribution in [-0.2, 0) is 0 Å². The van der Waals surface area contributed by atoms with Gasteiger partial charge in [0.25, 0.3) is 11.4 Å². The van der Waals surface area contributed by atoms with E-state index in [-0.39, 0.29) is 23.3 Å². The molecule has 1 aromatic heterocycles. The molecule has 2 N–H and O–H groups in total. The summed E-state index contributed by atoms with van der Waals surface area (Å²) in [6.45, 7) is 1.63. The van der Waals surface area contributed by atoms with E-state index in [0.29, 0.717) is 17.2 Å². The van der Waals surface area contributed by atoms with Gasteiger partial charge in [0.15, 0.2) is 0 Å². The van der Waals surface area contributed by atoms with Gasteiger partial charge in [0.2, 0.25) is 17.8 Å². The summed E-state index contributed by atoms with van der Waals surface area (Å²) in [4.78, 5) is 36.2. The quantitative estimate of drug-likeness (QED) is 0.284. The molecular weight excluding hydrogens is 442 g/mol. The molecule has 0 saturated carbocycles. The molecule has 174 valence electrons. The average Bonchev–Trinajstić information content (AvgIpc) is 2.85. The maximum absolute atomic E-state index is 10.9. The topological polar surface area (TPSA) is 165 Å². The van der Waals surface area contributed by atoms with E-state index in [4.69, 9.17) is 0 Å². The first-order valence-electron chi connectivity index (χ1n) is 10.5. The first-order valence-corrected chi connectivity index (χ1v) is 10.5. The highest BCUT2D eigenvalue weighted by atomic mass is 16.6. The van der Waals surface area contributed by atoms with Crippen LogP contribution in [0.3, 0.4) is 0 Å². The van der Waals surface area contributed by atoms with Gasteiger partial charge in [-0.05, 0) is 31.4 Å². The highest BCUT2D eigenvalue weighted by Crippen LogP contribution is 2.22. The third-order valence-electron chi connectivity index (χ3n) is 5.06. The molecule has 2 aromatic carbocycles. The number of nitro groups is 2. The fourth-order valence-electron chi connectivity index (χ4n) is 3.38. The third kappa shape index (κ3) is 5.76. The van der Waals surface area contributed by atoms with Crippen molar-refractivity contribution in [1.82, 2.24) is 15.0 Å². The van der Waals surface area contributed by atoms with Gasteiger partial charge in [-0.2, -0.15) is 20.1 Å². The highest BCUT2D eigenvalue weighted by Gasteiger charge is 2.16. The van der Waals surface area contributed by atoms with E-state index in [1.165, 1.54) is 30.5 Å². The van der Waals surface area contributed by atoms with Crippen molar-refractivity contribution in [3.8, 4) is 0 Å². The molecule has 0 bridgehead atoms. The molecule has 1 aliphatic heterocycles. The highest BCUT2D eigenvalue weighted by molar-refractivity contribution is 5.81. The molecule has 4 rings (SSSR count). The average molecular weight is 463 g/mol. The van der Waals surface area contributed by atoms with Crippen LogP contribution in [0.25, 0.3) is 0 Å². The van der Waals surface area contributed by atoms with Gasteiger partial charge >= 0.3 is 0 Å². The molecule has 2 heterocycles. The molecule has 0 atom stereocenters. The van der Waals surface area contributed by atoms with Gasteiger partial charge in [0, 0.05) is 48.6 Å². The number of benzene rings is 2. The summed E-state index contributed by atoms with van der Waals surface area (Å²) < 4.78 is 0. The molecule has 13 nitrogen and oxygen atoms in total. The zero-order chi connectivity index (χ0) is 23.9. The van der Waals surface area contributed by atoms with Gasteiger partial charge in [-0.15, -0.1) is 0 Å². The Morgan fingerprint density at radius 3 is 2.29 bits per heavy atom. The lowest BCUT2D eigenvalue weighted by atomic mass is 10.1. The van der Waals surface area contributed by atoms with Crippen molar-refractivity contribution in [2.45, 2.75) is 19.3 Å². The Labute approximate surface area is 193 Å². The van der Waals surface area contributed by atoms with Crippen LogP contribution in [0.4, 0.5) is 34.9 Å². The van der Waals surface area contributed by atoms with Crippen LogP contribution in [0.5, 0.6) is 0 Å². The minimum Gasteiger partial charge on any atom is -0.341 e. The Kier molecular flexibility index (Phi) is 6.81. The molecule has 1 fully saturated rings. The molecule has 1 aliphatic rings. The molecule has 3 aromatic rings. The number of hydrazone groups is 1. The number of hydrogen-bond acceptors (Lipinski definition) is 11. The number of rotatable bonds is 8. The van der Waals surface area contributed by atoms with Crippen LogP contribution in [0.2, 0.25) is 0 Å². The van der Waals surface area contributed by atoms with Crippen LogP contribution < -0.4 is 15.6 Å². The third-order valence-corrected chi connectivity index (χ3v) is 5.06. The van der Waals surface area contributed by atoms with Crippen molar-refractivity contribution >= 4 is 41.1 Å². The van der Waals surface area contributed by atoms with Crippen molar-refractivity contribution in [2.24, 2.45) is 5.10 Å². The number of piperidine rings is 1. The van der Waals surface area contributed by atoms with Gasteiger partial charge in [0.05, 0.1) is 16.1 Å². The van der Waals surface area contributed by atoms with Crippen molar-refractivity contribution < 1.29 is 9.85 Å². The second-order valence-corrected chi connectivity index (χ2v) is 7.48. The predicted octanol–water partition coefficient (Wildman–Crippen LogP) is 3.87. The monoisotopic (exact) mass is 463 g/mol. The second-order valence-electron chi connectivity index (χ2n) is 7.48. The fraction of sp³-hybridized carbons (Fsp3) is 0.238. The number of aromatic nitrogens is 3. The van der Waals surface area contributed by atoms with Gasteiger partial charge in [-0.3, -0.25) is 20.2 Å². The van der Waals surface area contributed by atoms with Crippen molar-refractivity contribution in [3.05, 3.63) is 74.3 Å². The molecule has 0 aliphatic carbocycles. The molecule has 0 radical (unpaired) electrons. The van der Waals surface area contributed by atoms with E-state index >= 15 is 0 Å². The van der Waals surface area contributed by atoms with Crippen LogP contribution in [-0.4, -0.2) is 44.1 Å². The van der Waals surface area contributed by atoms with Crippen molar-refractivity contribution in [2.75, 3.05) is 28.7 Å². The van der Waals surface area contributed by atoms with E-state index in [1.807, 2.05) is 0 Å². The summed E-state index contributed by atoms with van der Waals surface area (Å²) in [6.07, 6.45) is 4.64. The van der Waals surface area contributed by atoms with Crippen LogP contribution in [0.15, 0.2) is 53.6 Å². The van der Waals surface area contributed by atoms with Gasteiger partial charge in [-0.25, -0.2) is 5.43 Å². The zero-order valence-electron chi connectivity index (χ0n) is 18.0. The van der Waals surface area contributed by atoms with Crippen molar-refractivity contribution in [3.63, 3.8) is 0 Å². The Morgan fingerprint density at radius 2 is 1.59 bits per heavy atom. The van der Waals surface area contributed by atoms with Gasteiger partial charge in [0.1, 0.15) is 0 Å². The van der Waals surface area contributed by atoms with Crippen LogP contribution in [0.1, 0.15) is 24.8 Å². The number of nitrogens with one attached hydrogen (secondary N) is 2. The Balaban J connectivity index is 1.56. The summed E-state index contributed by atoms with van der Waals surface area (Å²) in [6, 6.07) is 12.0. The lowest BCUT2D eigenvalue weighted by molar-refractivity contribution is -0.385. The molecule has 0 spiro atoms. The standard InChI is InChI=1S/C21H21N9O4/c31-29(32)17-9-7-16(8-10-17)23-19-24-20(26-21(25-19)28-11-2-1-3-12-28)27-22-14-15-5-4-6-18(13-15)30(33)34/h4-10,13-14H,1-3,11-12H2,(H2,23,24,25,26,27)/b22-14+. The number of non-ortho nitro benzene ring substituents is 2. The van der Waals surface area contributed by atoms with Crippen LogP contribution >= 0.6 is 0 Å². The molecule has 0 amide bonds. The lowest BCUT2D eigenvalue weighted by Crippen LogP contribution is -2.31. The normalized spacial score (nSPS) is 13.6. The summed E-state index contributed by atoms with van der Waals surface area (Å²) in [5.41, 5.74) is 3.81. The first-order chi connectivity index (χ1) is 16.5.